The summed E-state index contributed by atoms with van der Waals surface area (Å²) in [6, 6.07) is 4.68. The highest BCUT2D eigenvalue weighted by Crippen LogP contribution is 2.42. The van der Waals surface area contributed by atoms with Crippen molar-refractivity contribution in [1.82, 2.24) is 5.32 Å². The maximum Gasteiger partial charge on any atom is 0.147 e. The van der Waals surface area contributed by atoms with Crippen LogP contribution in [0.2, 0.25) is 0 Å². The highest BCUT2D eigenvalue weighted by molar-refractivity contribution is 7.90. The highest BCUT2D eigenvalue weighted by atomic mass is 32.2. The van der Waals surface area contributed by atoms with E-state index in [0.29, 0.717) is 12.5 Å². The third-order valence-corrected chi connectivity index (χ3v) is 4.98. The van der Waals surface area contributed by atoms with Gasteiger partial charge >= 0.3 is 0 Å². The number of sulfone groups is 1. The lowest BCUT2D eigenvalue weighted by atomic mass is 10.1. The quantitative estimate of drug-likeness (QED) is 0.775. The van der Waals surface area contributed by atoms with E-state index in [-0.39, 0.29) is 5.75 Å². The Balaban J connectivity index is 1.79. The first-order chi connectivity index (χ1) is 8.06. The Morgan fingerprint density at radius 3 is 2.82 bits per heavy atom. The van der Waals surface area contributed by atoms with Crippen LogP contribution in [0.3, 0.4) is 0 Å². The molecule has 0 spiro atoms. The van der Waals surface area contributed by atoms with Crippen LogP contribution in [0.1, 0.15) is 30.2 Å². The summed E-state index contributed by atoms with van der Waals surface area (Å²) in [4.78, 5) is 1.38. The normalized spacial score (nSPS) is 18.2. The molecule has 1 aliphatic carbocycles. The van der Waals surface area contributed by atoms with E-state index in [0.717, 1.165) is 12.5 Å². The number of nitrogens with one attached hydrogen (secondary N) is 1. The highest BCUT2D eigenvalue weighted by Gasteiger charge is 2.32. The zero-order valence-corrected chi connectivity index (χ0v) is 11.7. The van der Waals surface area contributed by atoms with Crippen molar-refractivity contribution in [3.63, 3.8) is 0 Å². The third-order valence-electron chi connectivity index (χ3n) is 3.00. The lowest BCUT2D eigenvalue weighted by molar-refractivity contribution is 0.487. The fraction of sp³-hybridized carbons (Fsp3) is 0.667. The second-order valence-electron chi connectivity index (χ2n) is 4.77. The van der Waals surface area contributed by atoms with Gasteiger partial charge in [-0.25, -0.2) is 8.42 Å². The van der Waals surface area contributed by atoms with E-state index in [4.69, 9.17) is 0 Å². The lowest BCUT2D eigenvalue weighted by Gasteiger charge is -2.16. The van der Waals surface area contributed by atoms with Crippen LogP contribution in [-0.2, 0) is 9.84 Å². The van der Waals surface area contributed by atoms with Crippen LogP contribution in [0.15, 0.2) is 17.5 Å². The SMILES string of the molecule is CS(=O)(=O)CCCNC(c1cccs1)C1CC1. The first-order valence-corrected chi connectivity index (χ1v) is 8.95. The van der Waals surface area contributed by atoms with Crippen molar-refractivity contribution in [1.29, 1.82) is 0 Å². The largest absolute Gasteiger partial charge is 0.309 e. The first kappa shape index (κ1) is 13.1. The van der Waals surface area contributed by atoms with E-state index in [1.807, 2.05) is 0 Å². The van der Waals surface area contributed by atoms with Crippen molar-refractivity contribution in [2.75, 3.05) is 18.6 Å². The summed E-state index contributed by atoms with van der Waals surface area (Å²) in [7, 11) is -2.82. The van der Waals surface area contributed by atoms with Gasteiger partial charge < -0.3 is 5.32 Å². The van der Waals surface area contributed by atoms with Crippen molar-refractivity contribution in [2.24, 2.45) is 5.92 Å². The molecule has 0 saturated heterocycles. The number of rotatable bonds is 7. The molecule has 0 aliphatic heterocycles. The van der Waals surface area contributed by atoms with Crippen LogP contribution in [0.5, 0.6) is 0 Å². The van der Waals surface area contributed by atoms with Crippen LogP contribution < -0.4 is 5.32 Å². The Morgan fingerprint density at radius 2 is 2.29 bits per heavy atom. The van der Waals surface area contributed by atoms with Gasteiger partial charge in [0.15, 0.2) is 0 Å². The van der Waals surface area contributed by atoms with E-state index < -0.39 is 9.84 Å². The summed E-state index contributed by atoms with van der Waals surface area (Å²) >= 11 is 1.78. The zero-order valence-electron chi connectivity index (χ0n) is 10.1. The molecule has 5 heteroatoms. The Morgan fingerprint density at radius 1 is 1.53 bits per heavy atom. The van der Waals surface area contributed by atoms with Gasteiger partial charge in [-0.2, -0.15) is 0 Å². The van der Waals surface area contributed by atoms with Crippen LogP contribution in [0, 0.1) is 5.92 Å². The summed E-state index contributed by atoms with van der Waals surface area (Å²) in [6.45, 7) is 0.784. The Bertz CT molecular complexity index is 435. The van der Waals surface area contributed by atoms with Crippen LogP contribution in [0.4, 0.5) is 0 Å². The molecule has 0 aromatic carbocycles. The summed E-state index contributed by atoms with van der Waals surface area (Å²) in [5.41, 5.74) is 0. The number of hydrogen-bond donors (Lipinski definition) is 1. The molecular weight excluding hydrogens is 254 g/mol. The van der Waals surface area contributed by atoms with Crippen LogP contribution in [-0.4, -0.2) is 27.0 Å². The molecule has 1 heterocycles. The molecule has 0 bridgehead atoms. The van der Waals surface area contributed by atoms with E-state index in [1.54, 1.807) is 11.3 Å². The fourth-order valence-corrected chi connectivity index (χ4v) is 3.55. The van der Waals surface area contributed by atoms with E-state index in [1.165, 1.54) is 24.0 Å². The van der Waals surface area contributed by atoms with Crippen molar-refractivity contribution in [3.8, 4) is 0 Å². The molecule has 1 aromatic heterocycles. The summed E-state index contributed by atoms with van der Waals surface area (Å²) in [5.74, 6) is 1.04. The molecule has 1 N–H and O–H groups in total. The lowest BCUT2D eigenvalue weighted by Crippen LogP contribution is -2.24. The van der Waals surface area contributed by atoms with Gasteiger partial charge in [0.1, 0.15) is 9.84 Å². The molecule has 96 valence electrons. The smallest absolute Gasteiger partial charge is 0.147 e. The fourth-order valence-electron chi connectivity index (χ4n) is 1.99. The van der Waals surface area contributed by atoms with Gasteiger partial charge in [-0.05, 0) is 43.2 Å². The molecule has 0 radical (unpaired) electrons. The van der Waals surface area contributed by atoms with Gasteiger partial charge in [0.2, 0.25) is 0 Å². The van der Waals surface area contributed by atoms with Crippen molar-refractivity contribution in [3.05, 3.63) is 22.4 Å². The van der Waals surface area contributed by atoms with E-state index >= 15 is 0 Å². The van der Waals surface area contributed by atoms with E-state index in [9.17, 15) is 8.42 Å². The molecule has 3 nitrogen and oxygen atoms in total. The van der Waals surface area contributed by atoms with Crippen molar-refractivity contribution in [2.45, 2.75) is 25.3 Å². The minimum atomic E-state index is -2.82. The molecule has 1 unspecified atom stereocenters. The summed E-state index contributed by atoms with van der Waals surface area (Å²) in [6.07, 6.45) is 4.58. The minimum Gasteiger partial charge on any atom is -0.309 e. The van der Waals surface area contributed by atoms with E-state index in [2.05, 4.69) is 22.8 Å². The Hall–Kier alpha value is -0.390. The zero-order chi connectivity index (χ0) is 12.3. The van der Waals surface area contributed by atoms with Crippen molar-refractivity contribution < 1.29 is 8.42 Å². The molecule has 2 rings (SSSR count). The molecule has 17 heavy (non-hydrogen) atoms. The Kier molecular flexibility index (Phi) is 4.22. The predicted molar refractivity (Wildman–Crippen MR) is 72.1 cm³/mol. The maximum atomic E-state index is 11.0. The summed E-state index contributed by atoms with van der Waals surface area (Å²) < 4.78 is 22.1. The second-order valence-corrected chi connectivity index (χ2v) is 8.01. The monoisotopic (exact) mass is 273 g/mol. The van der Waals surface area contributed by atoms with Crippen molar-refractivity contribution >= 4 is 21.2 Å². The average molecular weight is 273 g/mol. The summed E-state index contributed by atoms with van der Waals surface area (Å²) in [5, 5.41) is 5.60. The molecule has 1 aliphatic rings. The van der Waals surface area contributed by atoms with Crippen LogP contribution >= 0.6 is 11.3 Å². The van der Waals surface area contributed by atoms with Gasteiger partial charge in [0.25, 0.3) is 0 Å². The van der Waals surface area contributed by atoms with Gasteiger partial charge in [0.05, 0.1) is 5.75 Å². The van der Waals surface area contributed by atoms with Gasteiger partial charge in [0, 0.05) is 17.2 Å². The van der Waals surface area contributed by atoms with Gasteiger partial charge in [-0.1, -0.05) is 6.07 Å². The molecule has 1 saturated carbocycles. The van der Waals surface area contributed by atoms with Gasteiger partial charge in [-0.3, -0.25) is 0 Å². The molecular formula is C12H19NO2S2. The first-order valence-electron chi connectivity index (χ1n) is 6.01. The minimum absolute atomic E-state index is 0.280. The van der Waals surface area contributed by atoms with Gasteiger partial charge in [-0.15, -0.1) is 11.3 Å². The maximum absolute atomic E-state index is 11.0. The second kappa shape index (κ2) is 5.50. The van der Waals surface area contributed by atoms with Crippen LogP contribution in [0.25, 0.3) is 0 Å². The molecule has 1 aromatic rings. The molecule has 1 fully saturated rings. The predicted octanol–water partition coefficient (Wildman–Crippen LogP) is 2.22. The topological polar surface area (TPSA) is 46.2 Å². The standard InChI is InChI=1S/C12H19NO2S2/c1-17(14,15)9-3-7-13-12(10-5-6-10)11-4-2-8-16-11/h2,4,8,10,12-13H,3,5-7,9H2,1H3. The number of thiophene rings is 1. The molecule has 0 amide bonds. The molecule has 1 atom stereocenters. The Labute approximate surface area is 107 Å². The third kappa shape index (κ3) is 4.41. The number of hydrogen-bond acceptors (Lipinski definition) is 4. The average Bonchev–Trinajstić information content (AvgIpc) is 2.92.